The van der Waals surface area contributed by atoms with Crippen LogP contribution in [0.3, 0.4) is 0 Å². The monoisotopic (exact) mass is 316 g/mol. The van der Waals surface area contributed by atoms with E-state index in [1.807, 2.05) is 6.92 Å². The van der Waals surface area contributed by atoms with Crippen molar-refractivity contribution in [2.24, 2.45) is 5.92 Å². The minimum atomic E-state index is -1.51. The van der Waals surface area contributed by atoms with Gasteiger partial charge in [-0.25, -0.2) is 18.0 Å². The summed E-state index contributed by atoms with van der Waals surface area (Å²) >= 11 is 0. The van der Waals surface area contributed by atoms with Gasteiger partial charge >= 0.3 is 6.03 Å². The third kappa shape index (κ3) is 3.91. The van der Waals surface area contributed by atoms with Crippen molar-refractivity contribution < 1.29 is 22.7 Å². The van der Waals surface area contributed by atoms with Gasteiger partial charge in [0.05, 0.1) is 6.61 Å². The lowest BCUT2D eigenvalue weighted by Gasteiger charge is -2.24. The molecule has 1 aliphatic heterocycles. The number of carbonyl (C=O) groups excluding carboxylic acids is 1. The van der Waals surface area contributed by atoms with Crippen molar-refractivity contribution in [3.8, 4) is 0 Å². The van der Waals surface area contributed by atoms with Gasteiger partial charge < -0.3 is 15.0 Å². The highest BCUT2D eigenvalue weighted by Gasteiger charge is 2.24. The number of hydrogen-bond donors (Lipinski definition) is 1. The van der Waals surface area contributed by atoms with Gasteiger partial charge in [0.15, 0.2) is 17.5 Å². The first-order chi connectivity index (χ1) is 10.4. The standard InChI is InChI=1S/C15H19F3N2O2/c1-9(11-3-4-22-8-11)19-15(21)20(2)7-10-5-12(16)14(18)13(17)6-10/h5-6,9,11H,3-4,7-8H2,1-2H3,(H,19,21). The maximum atomic E-state index is 13.2. The summed E-state index contributed by atoms with van der Waals surface area (Å²) in [5.41, 5.74) is 0.186. The van der Waals surface area contributed by atoms with E-state index in [1.165, 1.54) is 11.9 Å². The lowest BCUT2D eigenvalue weighted by Crippen LogP contribution is -2.44. The molecule has 2 amide bonds. The number of benzene rings is 1. The van der Waals surface area contributed by atoms with Crippen LogP contribution in [0.25, 0.3) is 0 Å². The Morgan fingerprint density at radius 3 is 2.59 bits per heavy atom. The molecule has 1 N–H and O–H groups in total. The quantitative estimate of drug-likeness (QED) is 0.868. The van der Waals surface area contributed by atoms with E-state index in [0.717, 1.165) is 18.6 Å². The Morgan fingerprint density at radius 2 is 2.05 bits per heavy atom. The van der Waals surface area contributed by atoms with Gasteiger partial charge in [0.2, 0.25) is 0 Å². The first-order valence-corrected chi connectivity index (χ1v) is 7.11. The molecule has 1 fully saturated rings. The van der Waals surface area contributed by atoms with Crippen LogP contribution in [0, 0.1) is 23.4 Å². The molecule has 1 heterocycles. The zero-order valence-corrected chi connectivity index (χ0v) is 12.5. The Labute approximate surface area is 127 Å². The van der Waals surface area contributed by atoms with Gasteiger partial charge in [-0.3, -0.25) is 0 Å². The summed E-state index contributed by atoms with van der Waals surface area (Å²) < 4.78 is 44.5. The largest absolute Gasteiger partial charge is 0.381 e. The third-order valence-electron chi connectivity index (χ3n) is 3.83. The smallest absolute Gasteiger partial charge is 0.317 e. The summed E-state index contributed by atoms with van der Waals surface area (Å²) in [5, 5.41) is 2.83. The molecule has 0 radical (unpaired) electrons. The van der Waals surface area contributed by atoms with Crippen molar-refractivity contribution in [2.75, 3.05) is 20.3 Å². The molecule has 22 heavy (non-hydrogen) atoms. The minimum absolute atomic E-state index is 0.0200. The van der Waals surface area contributed by atoms with Crippen LogP contribution in [-0.2, 0) is 11.3 Å². The second-order valence-corrected chi connectivity index (χ2v) is 5.59. The minimum Gasteiger partial charge on any atom is -0.381 e. The number of hydrogen-bond acceptors (Lipinski definition) is 2. The fourth-order valence-corrected chi connectivity index (χ4v) is 2.41. The first-order valence-electron chi connectivity index (χ1n) is 7.11. The first kappa shape index (κ1) is 16.6. The molecule has 0 bridgehead atoms. The summed E-state index contributed by atoms with van der Waals surface area (Å²) in [6.45, 7) is 3.17. The van der Waals surface area contributed by atoms with Gasteiger partial charge in [-0.2, -0.15) is 0 Å². The lowest BCUT2D eigenvalue weighted by atomic mass is 10.0. The highest BCUT2D eigenvalue weighted by Crippen LogP contribution is 2.17. The van der Waals surface area contributed by atoms with Crippen LogP contribution in [0.4, 0.5) is 18.0 Å². The number of nitrogens with zero attached hydrogens (tertiary/aromatic N) is 1. The zero-order valence-electron chi connectivity index (χ0n) is 12.5. The topological polar surface area (TPSA) is 41.6 Å². The van der Waals surface area contributed by atoms with Gasteiger partial charge in [0, 0.05) is 32.2 Å². The van der Waals surface area contributed by atoms with E-state index in [-0.39, 0.29) is 30.1 Å². The average molecular weight is 316 g/mol. The highest BCUT2D eigenvalue weighted by atomic mass is 19.2. The molecule has 1 aromatic rings. The Kier molecular flexibility index (Phi) is 5.28. The molecule has 122 valence electrons. The number of ether oxygens (including phenoxy) is 1. The van der Waals surface area contributed by atoms with Gasteiger partial charge in [-0.15, -0.1) is 0 Å². The van der Waals surface area contributed by atoms with Crippen molar-refractivity contribution in [2.45, 2.75) is 25.9 Å². The summed E-state index contributed by atoms with van der Waals surface area (Å²) in [7, 11) is 1.51. The van der Waals surface area contributed by atoms with Crippen LogP contribution in [0.2, 0.25) is 0 Å². The van der Waals surface area contributed by atoms with Crippen LogP contribution in [0.15, 0.2) is 12.1 Å². The van der Waals surface area contributed by atoms with Crippen molar-refractivity contribution >= 4 is 6.03 Å². The number of rotatable bonds is 4. The Hall–Kier alpha value is -1.76. The zero-order chi connectivity index (χ0) is 16.3. The molecule has 1 aromatic carbocycles. The number of urea groups is 1. The van der Waals surface area contributed by atoms with E-state index in [4.69, 9.17) is 4.74 Å². The fourth-order valence-electron chi connectivity index (χ4n) is 2.41. The van der Waals surface area contributed by atoms with E-state index in [9.17, 15) is 18.0 Å². The molecule has 1 aliphatic rings. The Balaban J connectivity index is 1.93. The van der Waals surface area contributed by atoms with Gasteiger partial charge in [-0.05, 0) is 31.0 Å². The summed E-state index contributed by atoms with van der Waals surface area (Å²) in [6, 6.07) is 1.36. The summed E-state index contributed by atoms with van der Waals surface area (Å²) in [4.78, 5) is 13.4. The van der Waals surface area contributed by atoms with Gasteiger partial charge in [-0.1, -0.05) is 0 Å². The SMILES string of the molecule is CC(NC(=O)N(C)Cc1cc(F)c(F)c(F)c1)C1CCOC1. The van der Waals surface area contributed by atoms with E-state index < -0.39 is 17.5 Å². The molecule has 7 heteroatoms. The summed E-state index contributed by atoms with van der Waals surface area (Å²) in [5.74, 6) is -3.77. The van der Waals surface area contributed by atoms with Crippen LogP contribution in [0.5, 0.6) is 0 Å². The number of carbonyl (C=O) groups is 1. The van der Waals surface area contributed by atoms with Gasteiger partial charge in [0.25, 0.3) is 0 Å². The van der Waals surface area contributed by atoms with Crippen molar-refractivity contribution in [1.29, 1.82) is 0 Å². The maximum Gasteiger partial charge on any atom is 0.317 e. The van der Waals surface area contributed by atoms with Crippen molar-refractivity contribution in [1.82, 2.24) is 10.2 Å². The van der Waals surface area contributed by atoms with Crippen molar-refractivity contribution in [3.63, 3.8) is 0 Å². The number of nitrogens with one attached hydrogen (secondary N) is 1. The molecule has 2 atom stereocenters. The van der Waals surface area contributed by atoms with Crippen LogP contribution < -0.4 is 5.32 Å². The van der Waals surface area contributed by atoms with Crippen LogP contribution in [0.1, 0.15) is 18.9 Å². The van der Waals surface area contributed by atoms with Crippen LogP contribution >= 0.6 is 0 Å². The predicted molar refractivity (Wildman–Crippen MR) is 74.7 cm³/mol. The molecular formula is C15H19F3N2O2. The molecule has 0 aromatic heterocycles. The fraction of sp³-hybridized carbons (Fsp3) is 0.533. The molecule has 0 saturated carbocycles. The van der Waals surface area contributed by atoms with E-state index >= 15 is 0 Å². The number of halogens is 3. The molecule has 0 aliphatic carbocycles. The second kappa shape index (κ2) is 7.00. The molecule has 1 saturated heterocycles. The van der Waals surface area contributed by atoms with E-state index in [1.54, 1.807) is 0 Å². The third-order valence-corrected chi connectivity index (χ3v) is 3.83. The highest BCUT2D eigenvalue weighted by molar-refractivity contribution is 5.74. The van der Waals surface area contributed by atoms with Gasteiger partial charge in [0.1, 0.15) is 0 Å². The Bertz CT molecular complexity index is 525. The molecule has 2 unspecified atom stereocenters. The maximum absolute atomic E-state index is 13.2. The van der Waals surface area contributed by atoms with E-state index in [2.05, 4.69) is 5.32 Å². The molecule has 2 rings (SSSR count). The van der Waals surface area contributed by atoms with Crippen LogP contribution in [-0.4, -0.2) is 37.2 Å². The molecular weight excluding hydrogens is 297 g/mol. The Morgan fingerprint density at radius 1 is 1.41 bits per heavy atom. The lowest BCUT2D eigenvalue weighted by molar-refractivity contribution is 0.173. The number of amides is 2. The molecule has 4 nitrogen and oxygen atoms in total. The summed E-state index contributed by atoms with van der Waals surface area (Å²) in [6.07, 6.45) is 0.888. The molecule has 0 spiro atoms. The predicted octanol–water partition coefficient (Wildman–Crippen LogP) is 2.67. The normalized spacial score (nSPS) is 19.0. The van der Waals surface area contributed by atoms with E-state index in [0.29, 0.717) is 13.2 Å². The second-order valence-electron chi connectivity index (χ2n) is 5.59. The average Bonchev–Trinajstić information content (AvgIpc) is 2.98. The van der Waals surface area contributed by atoms with Crippen molar-refractivity contribution in [3.05, 3.63) is 35.1 Å².